The molecule has 2 atom stereocenters. The van der Waals surface area contributed by atoms with Crippen molar-refractivity contribution < 1.29 is 9.18 Å². The van der Waals surface area contributed by atoms with Gasteiger partial charge in [-0.2, -0.15) is 5.10 Å². The van der Waals surface area contributed by atoms with Gasteiger partial charge in [-0.3, -0.25) is 4.79 Å². The van der Waals surface area contributed by atoms with Crippen molar-refractivity contribution in [3.63, 3.8) is 0 Å². The largest absolute Gasteiger partial charge is 0.273 e. The van der Waals surface area contributed by atoms with E-state index in [-0.39, 0.29) is 29.0 Å². The first-order valence-electron chi connectivity index (χ1n) is 8.53. The lowest BCUT2D eigenvalue weighted by Crippen LogP contribution is -2.20. The van der Waals surface area contributed by atoms with E-state index in [1.807, 2.05) is 0 Å². The molecule has 0 aromatic heterocycles. The molecule has 4 heteroatoms. The van der Waals surface area contributed by atoms with E-state index in [4.69, 9.17) is 0 Å². The zero-order valence-electron chi connectivity index (χ0n) is 14.8. The minimum Gasteiger partial charge on any atom is -0.273 e. The molecule has 1 fully saturated rings. The molecule has 2 aromatic carbocycles. The van der Waals surface area contributed by atoms with Crippen LogP contribution in [0.2, 0.25) is 0 Å². The van der Waals surface area contributed by atoms with Crippen LogP contribution in [0.3, 0.4) is 0 Å². The highest BCUT2D eigenvalue weighted by Crippen LogP contribution is 2.47. The minimum absolute atomic E-state index is 0.0369. The summed E-state index contributed by atoms with van der Waals surface area (Å²) in [6, 6.07) is 14.6. The highest BCUT2D eigenvalue weighted by Gasteiger charge is 2.43. The first kappa shape index (κ1) is 17.3. The molecule has 0 saturated heterocycles. The van der Waals surface area contributed by atoms with Crippen molar-refractivity contribution >= 4 is 12.1 Å². The second kappa shape index (κ2) is 6.79. The Morgan fingerprint density at radius 2 is 1.92 bits per heavy atom. The lowest BCUT2D eigenvalue weighted by atomic mass is 9.86. The van der Waals surface area contributed by atoms with Crippen LogP contribution in [-0.2, 0) is 10.2 Å². The standard InChI is InChI=1S/C21H23FN2O/c1-21(2,3)16-9-7-15(8-10-16)18-12-19(18)20(25)24-23-13-14-5-4-6-17(22)11-14/h4-11,13,18-19H,12H2,1-3H3,(H,24,25)/t18-,19-/m0/s1. The number of rotatable bonds is 4. The van der Waals surface area contributed by atoms with Crippen molar-refractivity contribution in [2.75, 3.05) is 0 Å². The number of nitrogens with zero attached hydrogens (tertiary/aromatic N) is 1. The normalized spacial score (nSPS) is 19.8. The summed E-state index contributed by atoms with van der Waals surface area (Å²) in [7, 11) is 0. The van der Waals surface area contributed by atoms with Crippen molar-refractivity contribution in [3.05, 3.63) is 71.0 Å². The number of carbonyl (C=O) groups excluding carboxylic acids is 1. The number of benzene rings is 2. The lowest BCUT2D eigenvalue weighted by Gasteiger charge is -2.19. The predicted molar refractivity (Wildman–Crippen MR) is 98.1 cm³/mol. The maximum atomic E-state index is 13.1. The van der Waals surface area contributed by atoms with Gasteiger partial charge in [-0.1, -0.05) is 57.2 Å². The van der Waals surface area contributed by atoms with E-state index in [0.717, 1.165) is 6.42 Å². The monoisotopic (exact) mass is 338 g/mol. The number of hydrogen-bond acceptors (Lipinski definition) is 2. The van der Waals surface area contributed by atoms with Crippen LogP contribution in [0.1, 0.15) is 49.8 Å². The van der Waals surface area contributed by atoms with Crippen LogP contribution in [0.4, 0.5) is 4.39 Å². The molecule has 0 bridgehead atoms. The van der Waals surface area contributed by atoms with Gasteiger partial charge in [0, 0.05) is 5.92 Å². The maximum absolute atomic E-state index is 13.1. The third-order valence-corrected chi connectivity index (χ3v) is 4.57. The molecule has 0 spiro atoms. The molecule has 0 unspecified atom stereocenters. The molecular weight excluding hydrogens is 315 g/mol. The van der Waals surface area contributed by atoms with Gasteiger partial charge in [0.25, 0.3) is 0 Å². The molecule has 3 nitrogen and oxygen atoms in total. The molecule has 2 aromatic rings. The molecule has 3 rings (SSSR count). The molecule has 1 aliphatic rings. The van der Waals surface area contributed by atoms with Gasteiger partial charge in [0.1, 0.15) is 5.82 Å². The molecule has 0 aliphatic heterocycles. The summed E-state index contributed by atoms with van der Waals surface area (Å²) in [6.07, 6.45) is 2.30. The van der Waals surface area contributed by atoms with E-state index in [2.05, 4.69) is 55.6 Å². The quantitative estimate of drug-likeness (QED) is 0.652. The predicted octanol–water partition coefficient (Wildman–Crippen LogP) is 4.38. The second-order valence-corrected chi connectivity index (χ2v) is 7.61. The van der Waals surface area contributed by atoms with Crippen molar-refractivity contribution in [3.8, 4) is 0 Å². The van der Waals surface area contributed by atoms with E-state index >= 15 is 0 Å². The van der Waals surface area contributed by atoms with Crippen molar-refractivity contribution in [1.29, 1.82) is 0 Å². The van der Waals surface area contributed by atoms with Crippen LogP contribution in [0.25, 0.3) is 0 Å². The Balaban J connectivity index is 1.55. The Morgan fingerprint density at radius 1 is 1.20 bits per heavy atom. The van der Waals surface area contributed by atoms with E-state index in [1.54, 1.807) is 12.1 Å². The fourth-order valence-electron chi connectivity index (χ4n) is 2.92. The minimum atomic E-state index is -0.323. The summed E-state index contributed by atoms with van der Waals surface area (Å²) in [6.45, 7) is 6.56. The van der Waals surface area contributed by atoms with Crippen molar-refractivity contribution in [1.82, 2.24) is 5.43 Å². The second-order valence-electron chi connectivity index (χ2n) is 7.61. The SMILES string of the molecule is CC(C)(C)c1ccc([C@@H]2C[C@@H]2C(=O)NN=Cc2cccc(F)c2)cc1. The van der Waals surface area contributed by atoms with Gasteiger partial charge in [-0.05, 0) is 46.6 Å². The molecule has 25 heavy (non-hydrogen) atoms. The van der Waals surface area contributed by atoms with Gasteiger partial charge in [0.05, 0.1) is 6.21 Å². The Labute approximate surface area is 148 Å². The summed E-state index contributed by atoms with van der Waals surface area (Å²) >= 11 is 0. The fraction of sp³-hybridized carbons (Fsp3) is 0.333. The van der Waals surface area contributed by atoms with Crippen LogP contribution >= 0.6 is 0 Å². The van der Waals surface area contributed by atoms with Crippen LogP contribution in [-0.4, -0.2) is 12.1 Å². The Bertz CT molecular complexity index is 790. The molecule has 0 radical (unpaired) electrons. The zero-order chi connectivity index (χ0) is 18.0. The van der Waals surface area contributed by atoms with Gasteiger partial charge in [0.2, 0.25) is 5.91 Å². The van der Waals surface area contributed by atoms with Crippen LogP contribution < -0.4 is 5.43 Å². The van der Waals surface area contributed by atoms with Gasteiger partial charge in [-0.15, -0.1) is 0 Å². The number of hydrazone groups is 1. The fourth-order valence-corrected chi connectivity index (χ4v) is 2.92. The molecular formula is C21H23FN2O. The molecule has 1 amide bonds. The maximum Gasteiger partial charge on any atom is 0.243 e. The summed E-state index contributed by atoms with van der Waals surface area (Å²) in [5, 5.41) is 3.93. The first-order valence-corrected chi connectivity index (χ1v) is 8.53. The molecule has 1 aliphatic carbocycles. The smallest absolute Gasteiger partial charge is 0.243 e. The Hall–Kier alpha value is -2.49. The van der Waals surface area contributed by atoms with Gasteiger partial charge in [-0.25, -0.2) is 9.82 Å². The Morgan fingerprint density at radius 3 is 2.56 bits per heavy atom. The van der Waals surface area contributed by atoms with Crippen molar-refractivity contribution in [2.24, 2.45) is 11.0 Å². The number of halogens is 1. The van der Waals surface area contributed by atoms with Gasteiger partial charge in [0.15, 0.2) is 0 Å². The van der Waals surface area contributed by atoms with Crippen LogP contribution in [0, 0.1) is 11.7 Å². The van der Waals surface area contributed by atoms with E-state index < -0.39 is 0 Å². The molecule has 1 N–H and O–H groups in total. The third kappa shape index (κ3) is 4.32. The first-order chi connectivity index (χ1) is 11.8. The number of amides is 1. The van der Waals surface area contributed by atoms with Crippen LogP contribution in [0.5, 0.6) is 0 Å². The zero-order valence-corrected chi connectivity index (χ0v) is 14.8. The number of carbonyl (C=O) groups is 1. The van der Waals surface area contributed by atoms with E-state index in [0.29, 0.717) is 5.56 Å². The van der Waals surface area contributed by atoms with Gasteiger partial charge < -0.3 is 0 Å². The van der Waals surface area contributed by atoms with Crippen LogP contribution in [0.15, 0.2) is 53.6 Å². The Kier molecular flexibility index (Phi) is 4.71. The van der Waals surface area contributed by atoms with E-state index in [9.17, 15) is 9.18 Å². The average Bonchev–Trinajstić information content (AvgIpc) is 3.35. The summed E-state index contributed by atoms with van der Waals surface area (Å²) in [4.78, 5) is 12.2. The van der Waals surface area contributed by atoms with E-state index in [1.165, 1.54) is 29.5 Å². The molecule has 130 valence electrons. The lowest BCUT2D eigenvalue weighted by molar-refractivity contribution is -0.122. The summed E-state index contributed by atoms with van der Waals surface area (Å²) in [5.74, 6) is -0.183. The highest BCUT2D eigenvalue weighted by molar-refractivity contribution is 5.85. The highest BCUT2D eigenvalue weighted by atomic mass is 19.1. The number of nitrogens with one attached hydrogen (secondary N) is 1. The van der Waals surface area contributed by atoms with Crippen molar-refractivity contribution in [2.45, 2.75) is 38.5 Å². The summed E-state index contributed by atoms with van der Waals surface area (Å²) < 4.78 is 13.1. The third-order valence-electron chi connectivity index (χ3n) is 4.57. The number of hydrogen-bond donors (Lipinski definition) is 1. The topological polar surface area (TPSA) is 41.5 Å². The average molecular weight is 338 g/mol. The van der Waals surface area contributed by atoms with Gasteiger partial charge >= 0.3 is 0 Å². The summed E-state index contributed by atoms with van der Waals surface area (Å²) in [5.41, 5.74) is 5.79. The molecule has 1 saturated carbocycles. The molecule has 0 heterocycles.